The number of hydrogen-bond donors (Lipinski definition) is 0. The molecule has 3 atom stereocenters. The Balaban J connectivity index is 1.42. The molecular formula is C15H24O3. The van der Waals surface area contributed by atoms with Crippen LogP contribution in [0.3, 0.4) is 0 Å². The third-order valence-corrected chi connectivity index (χ3v) is 3.92. The zero-order chi connectivity index (χ0) is 12.8. The SMILES string of the molecule is CC=CC(=O)OCCCCCC1CCC2OC2C1. The van der Waals surface area contributed by atoms with Crippen LogP contribution in [0.1, 0.15) is 51.9 Å². The molecule has 3 unspecified atom stereocenters. The lowest BCUT2D eigenvalue weighted by Crippen LogP contribution is -2.13. The number of fused-ring (bicyclic) bond motifs is 1. The van der Waals surface area contributed by atoms with Crippen LogP contribution in [0.4, 0.5) is 0 Å². The van der Waals surface area contributed by atoms with Crippen LogP contribution in [-0.4, -0.2) is 24.8 Å². The maximum Gasteiger partial charge on any atom is 0.330 e. The molecular weight excluding hydrogens is 228 g/mol. The maximum atomic E-state index is 11.0. The van der Waals surface area contributed by atoms with Crippen molar-refractivity contribution < 1.29 is 14.3 Å². The molecule has 0 bridgehead atoms. The molecule has 1 heterocycles. The minimum atomic E-state index is -0.221. The molecule has 2 rings (SSSR count). The van der Waals surface area contributed by atoms with Gasteiger partial charge in [-0.25, -0.2) is 4.79 Å². The Morgan fingerprint density at radius 2 is 2.17 bits per heavy atom. The fourth-order valence-corrected chi connectivity index (χ4v) is 2.82. The minimum Gasteiger partial charge on any atom is -0.463 e. The number of epoxide rings is 1. The summed E-state index contributed by atoms with van der Waals surface area (Å²) >= 11 is 0. The van der Waals surface area contributed by atoms with Crippen molar-refractivity contribution in [3.63, 3.8) is 0 Å². The monoisotopic (exact) mass is 252 g/mol. The highest BCUT2D eigenvalue weighted by Crippen LogP contribution is 2.41. The molecule has 3 nitrogen and oxygen atoms in total. The van der Waals surface area contributed by atoms with Crippen LogP contribution >= 0.6 is 0 Å². The van der Waals surface area contributed by atoms with Gasteiger partial charge in [0.15, 0.2) is 0 Å². The van der Waals surface area contributed by atoms with Gasteiger partial charge in [0.2, 0.25) is 0 Å². The van der Waals surface area contributed by atoms with E-state index in [1.54, 1.807) is 6.08 Å². The van der Waals surface area contributed by atoms with Crippen LogP contribution in [0, 0.1) is 5.92 Å². The van der Waals surface area contributed by atoms with Crippen LogP contribution in [0.5, 0.6) is 0 Å². The van der Waals surface area contributed by atoms with E-state index < -0.39 is 0 Å². The Hall–Kier alpha value is -0.830. The number of rotatable bonds is 7. The summed E-state index contributed by atoms with van der Waals surface area (Å²) in [5.41, 5.74) is 0. The van der Waals surface area contributed by atoms with Crippen molar-refractivity contribution in [2.75, 3.05) is 6.61 Å². The standard InChI is InChI=1S/C15H24O3/c1-2-6-15(16)17-10-5-3-4-7-12-8-9-13-14(11-12)18-13/h2,6,12-14H,3-5,7-11H2,1H3. The fraction of sp³-hybridized carbons (Fsp3) is 0.800. The first-order chi connectivity index (χ1) is 8.79. The highest BCUT2D eigenvalue weighted by atomic mass is 16.6. The first kappa shape index (κ1) is 13.6. The summed E-state index contributed by atoms with van der Waals surface area (Å²) in [6, 6.07) is 0. The first-order valence-electron chi connectivity index (χ1n) is 7.24. The van der Waals surface area contributed by atoms with Crippen LogP contribution in [0.2, 0.25) is 0 Å². The van der Waals surface area contributed by atoms with E-state index in [9.17, 15) is 4.79 Å². The zero-order valence-corrected chi connectivity index (χ0v) is 11.3. The van der Waals surface area contributed by atoms with Gasteiger partial charge >= 0.3 is 5.97 Å². The topological polar surface area (TPSA) is 38.8 Å². The number of unbranched alkanes of at least 4 members (excludes halogenated alkanes) is 2. The van der Waals surface area contributed by atoms with E-state index in [0.29, 0.717) is 18.8 Å². The Kier molecular flexibility index (Phi) is 5.24. The molecule has 0 spiro atoms. The van der Waals surface area contributed by atoms with Gasteiger partial charge in [0.25, 0.3) is 0 Å². The molecule has 0 aromatic rings. The van der Waals surface area contributed by atoms with Crippen molar-refractivity contribution in [2.24, 2.45) is 5.92 Å². The number of carbonyl (C=O) groups is 1. The molecule has 1 saturated carbocycles. The van der Waals surface area contributed by atoms with Crippen molar-refractivity contribution in [1.82, 2.24) is 0 Å². The Morgan fingerprint density at radius 3 is 2.94 bits per heavy atom. The van der Waals surface area contributed by atoms with Gasteiger partial charge in [-0.1, -0.05) is 25.3 Å². The van der Waals surface area contributed by atoms with E-state index in [2.05, 4.69) is 0 Å². The van der Waals surface area contributed by atoms with Crippen LogP contribution < -0.4 is 0 Å². The lowest BCUT2D eigenvalue weighted by molar-refractivity contribution is -0.137. The van der Waals surface area contributed by atoms with Crippen LogP contribution in [0.15, 0.2) is 12.2 Å². The number of ether oxygens (including phenoxy) is 2. The number of carbonyl (C=O) groups excluding carboxylic acids is 1. The fourth-order valence-electron chi connectivity index (χ4n) is 2.82. The molecule has 0 amide bonds. The van der Waals surface area contributed by atoms with Crippen LogP contribution in [-0.2, 0) is 14.3 Å². The predicted octanol–water partition coefficient (Wildman–Crippen LogP) is 3.23. The van der Waals surface area contributed by atoms with Gasteiger partial charge in [0.05, 0.1) is 18.8 Å². The van der Waals surface area contributed by atoms with Gasteiger partial charge in [-0.05, 0) is 38.5 Å². The normalized spacial score (nSPS) is 30.2. The average Bonchev–Trinajstić information content (AvgIpc) is 3.12. The van der Waals surface area contributed by atoms with Crippen molar-refractivity contribution >= 4 is 5.97 Å². The summed E-state index contributed by atoms with van der Waals surface area (Å²) in [5.74, 6) is 0.654. The summed E-state index contributed by atoms with van der Waals surface area (Å²) in [6.07, 6.45) is 13.0. The number of esters is 1. The molecule has 1 saturated heterocycles. The largest absolute Gasteiger partial charge is 0.463 e. The first-order valence-corrected chi connectivity index (χ1v) is 7.24. The summed E-state index contributed by atoms with van der Waals surface area (Å²) in [4.78, 5) is 11.0. The second-order valence-electron chi connectivity index (χ2n) is 5.41. The van der Waals surface area contributed by atoms with Gasteiger partial charge < -0.3 is 9.47 Å². The molecule has 0 N–H and O–H groups in total. The quantitative estimate of drug-likeness (QED) is 0.302. The smallest absolute Gasteiger partial charge is 0.330 e. The second-order valence-corrected chi connectivity index (χ2v) is 5.41. The minimum absolute atomic E-state index is 0.221. The predicted molar refractivity (Wildman–Crippen MR) is 70.2 cm³/mol. The van der Waals surface area contributed by atoms with E-state index in [4.69, 9.17) is 9.47 Å². The molecule has 0 aromatic heterocycles. The van der Waals surface area contributed by atoms with E-state index in [0.717, 1.165) is 18.8 Å². The Bertz CT molecular complexity index is 298. The molecule has 102 valence electrons. The Morgan fingerprint density at radius 1 is 1.28 bits per heavy atom. The van der Waals surface area contributed by atoms with Gasteiger partial charge in [-0.15, -0.1) is 0 Å². The molecule has 1 aliphatic carbocycles. The molecule has 18 heavy (non-hydrogen) atoms. The zero-order valence-electron chi connectivity index (χ0n) is 11.3. The molecule has 3 heteroatoms. The van der Waals surface area contributed by atoms with Crippen molar-refractivity contribution in [3.05, 3.63) is 12.2 Å². The summed E-state index contributed by atoms with van der Waals surface area (Å²) < 4.78 is 10.6. The third kappa shape index (κ3) is 4.45. The highest BCUT2D eigenvalue weighted by molar-refractivity contribution is 5.81. The summed E-state index contributed by atoms with van der Waals surface area (Å²) in [6.45, 7) is 2.38. The molecule has 1 aliphatic heterocycles. The molecule has 2 fully saturated rings. The van der Waals surface area contributed by atoms with Crippen molar-refractivity contribution in [3.8, 4) is 0 Å². The van der Waals surface area contributed by atoms with E-state index in [-0.39, 0.29) is 5.97 Å². The van der Waals surface area contributed by atoms with Crippen molar-refractivity contribution in [1.29, 1.82) is 0 Å². The average molecular weight is 252 g/mol. The summed E-state index contributed by atoms with van der Waals surface area (Å²) in [5, 5.41) is 0. The lowest BCUT2D eigenvalue weighted by atomic mass is 9.86. The van der Waals surface area contributed by atoms with Gasteiger partial charge in [0, 0.05) is 6.08 Å². The third-order valence-electron chi connectivity index (χ3n) is 3.92. The number of allylic oxidation sites excluding steroid dienone is 1. The van der Waals surface area contributed by atoms with Gasteiger partial charge in [-0.3, -0.25) is 0 Å². The van der Waals surface area contributed by atoms with Crippen molar-refractivity contribution in [2.45, 2.75) is 64.1 Å². The van der Waals surface area contributed by atoms with E-state index in [1.165, 1.54) is 38.2 Å². The maximum absolute atomic E-state index is 11.0. The van der Waals surface area contributed by atoms with E-state index >= 15 is 0 Å². The molecule has 0 aromatic carbocycles. The Labute approximate surface area is 110 Å². The van der Waals surface area contributed by atoms with Crippen LogP contribution in [0.25, 0.3) is 0 Å². The highest BCUT2D eigenvalue weighted by Gasteiger charge is 2.43. The van der Waals surface area contributed by atoms with Gasteiger partial charge in [-0.2, -0.15) is 0 Å². The number of hydrogen-bond acceptors (Lipinski definition) is 3. The van der Waals surface area contributed by atoms with Gasteiger partial charge in [0.1, 0.15) is 0 Å². The lowest BCUT2D eigenvalue weighted by Gasteiger charge is -2.18. The van der Waals surface area contributed by atoms with E-state index in [1.807, 2.05) is 6.92 Å². The molecule has 0 radical (unpaired) electrons. The second kappa shape index (κ2) is 6.93. The summed E-state index contributed by atoms with van der Waals surface area (Å²) in [7, 11) is 0. The molecule has 2 aliphatic rings.